The van der Waals surface area contributed by atoms with Gasteiger partial charge in [-0.2, -0.15) is 13.2 Å². The molecular weight excluding hydrogens is 424 g/mol. The summed E-state index contributed by atoms with van der Waals surface area (Å²) in [6.07, 6.45) is -4.54. The van der Waals surface area contributed by atoms with Crippen LogP contribution in [-0.4, -0.2) is 56.6 Å². The Kier molecular flexibility index (Phi) is 6.88. The van der Waals surface area contributed by atoms with Crippen molar-refractivity contribution in [1.29, 1.82) is 0 Å². The minimum Gasteiger partial charge on any atom is -0.860 e. The zero-order chi connectivity index (χ0) is 20.9. The van der Waals surface area contributed by atoms with Gasteiger partial charge in [-0.05, 0) is 37.9 Å². The number of halogens is 3. The fourth-order valence-corrected chi connectivity index (χ4v) is 4.82. The van der Waals surface area contributed by atoms with Gasteiger partial charge >= 0.3 is 41.7 Å². The Morgan fingerprint density at radius 2 is 2.07 bits per heavy atom. The molecule has 0 bridgehead atoms. The summed E-state index contributed by atoms with van der Waals surface area (Å²) in [6.45, 7) is 2.75. The number of fused-ring (bicyclic) bond motifs is 1. The molecule has 1 N–H and O–H groups in total. The number of amides is 1. The van der Waals surface area contributed by atoms with Gasteiger partial charge in [-0.3, -0.25) is 9.79 Å². The maximum absolute atomic E-state index is 12.7. The Morgan fingerprint density at radius 3 is 2.66 bits per heavy atom. The molecule has 1 aromatic carbocycles. The van der Waals surface area contributed by atoms with Gasteiger partial charge in [0.05, 0.1) is 5.56 Å². The number of alkyl halides is 3. The van der Waals surface area contributed by atoms with E-state index in [2.05, 4.69) is 4.99 Å². The molecule has 1 aromatic rings. The number of rotatable bonds is 5. The maximum atomic E-state index is 12.7. The number of aliphatic imine (C=N–C) groups is 1. The molecule has 2 fully saturated rings. The van der Waals surface area contributed by atoms with Crippen molar-refractivity contribution in [3.05, 3.63) is 29.8 Å². The largest absolute Gasteiger partial charge is 1.00 e. The van der Waals surface area contributed by atoms with Crippen LogP contribution >= 0.6 is 11.8 Å². The molecule has 3 atom stereocenters. The molecule has 0 unspecified atom stereocenters. The van der Waals surface area contributed by atoms with Crippen LogP contribution in [0.15, 0.2) is 29.3 Å². The molecule has 0 radical (unpaired) electrons. The van der Waals surface area contributed by atoms with Gasteiger partial charge in [-0.1, -0.05) is 6.07 Å². The molecule has 0 spiro atoms. The fraction of sp³-hybridized carbons (Fsp3) is 0.471. The summed E-state index contributed by atoms with van der Waals surface area (Å²) in [5.74, 6) is -2.66. The van der Waals surface area contributed by atoms with Crippen molar-refractivity contribution in [3.63, 3.8) is 0 Å². The standard InChI is InChI=1S/C17H17F3N2O5S.Na/c1-16(2)12(15(25)26)22-13(24)11(14(22)28-16)21-10(23)7-27-9-5-3-4-8(6-9)17(18,19)20;/h3-6,11-12,14H,7H2,1-2H3,(H,21,23)(H,25,26);/q;+1/p-1/t11-,12+,14-;/m1./s1. The molecule has 29 heavy (non-hydrogen) atoms. The Bertz CT molecular complexity index is 849. The van der Waals surface area contributed by atoms with Crippen LogP contribution < -0.4 is 39.4 Å². The van der Waals surface area contributed by atoms with E-state index in [4.69, 9.17) is 4.74 Å². The molecule has 0 saturated carbocycles. The van der Waals surface area contributed by atoms with Crippen molar-refractivity contribution in [1.82, 2.24) is 4.90 Å². The number of carbonyl (C=O) groups excluding carboxylic acids is 1. The molecule has 2 aliphatic heterocycles. The number of thioether (sulfide) groups is 1. The summed E-state index contributed by atoms with van der Waals surface area (Å²) in [5.41, 5.74) is -0.913. The van der Waals surface area contributed by atoms with E-state index in [1.165, 1.54) is 22.7 Å². The van der Waals surface area contributed by atoms with Gasteiger partial charge in [-0.25, -0.2) is 4.79 Å². The van der Waals surface area contributed by atoms with Gasteiger partial charge in [0.15, 0.2) is 6.04 Å². The second-order valence-corrected chi connectivity index (χ2v) is 8.65. The molecule has 3 rings (SSSR count). The van der Waals surface area contributed by atoms with Gasteiger partial charge < -0.3 is 19.8 Å². The van der Waals surface area contributed by atoms with Crippen LogP contribution in [0, 0.1) is 0 Å². The number of benzene rings is 1. The first-order chi connectivity index (χ1) is 12.9. The summed E-state index contributed by atoms with van der Waals surface area (Å²) >= 11 is 1.24. The number of carboxylic acid groups (broad SMARTS) is 1. The number of hydrogen-bond acceptors (Lipinski definition) is 6. The summed E-state index contributed by atoms with van der Waals surface area (Å²) in [5, 5.41) is 20.8. The van der Waals surface area contributed by atoms with Crippen molar-refractivity contribution in [3.8, 4) is 5.75 Å². The van der Waals surface area contributed by atoms with E-state index in [1.54, 1.807) is 13.8 Å². The zero-order valence-electron chi connectivity index (χ0n) is 15.8. The van der Waals surface area contributed by atoms with Crippen LogP contribution in [0.5, 0.6) is 5.75 Å². The topological polar surface area (TPSA) is 102 Å². The van der Waals surface area contributed by atoms with E-state index in [1.807, 2.05) is 0 Å². The Labute approximate surface area is 190 Å². The smallest absolute Gasteiger partial charge is 0.860 e. The number of aliphatic carboxylic acids is 1. The van der Waals surface area contributed by atoms with Crippen LogP contribution in [-0.2, 0) is 15.8 Å². The Balaban J connectivity index is 0.00000300. The molecule has 2 saturated heterocycles. The molecule has 152 valence electrons. The molecule has 2 aliphatic rings. The summed E-state index contributed by atoms with van der Waals surface area (Å²) < 4.78 is 42.4. The Hall–Kier alpha value is -1.43. The molecule has 2 heterocycles. The summed E-state index contributed by atoms with van der Waals surface area (Å²) in [7, 11) is 0. The van der Waals surface area contributed by atoms with Gasteiger partial charge in [0.1, 0.15) is 23.8 Å². The predicted octanol–water partition coefficient (Wildman–Crippen LogP) is -1.64. The van der Waals surface area contributed by atoms with E-state index < -0.39 is 58.3 Å². The summed E-state index contributed by atoms with van der Waals surface area (Å²) in [4.78, 5) is 28.6. The normalized spacial score (nSPS) is 25.7. The van der Waals surface area contributed by atoms with Crippen molar-refractivity contribution >= 4 is 29.5 Å². The van der Waals surface area contributed by atoms with Crippen LogP contribution in [0.3, 0.4) is 0 Å². The van der Waals surface area contributed by atoms with E-state index in [0.29, 0.717) is 0 Å². The number of hydrogen-bond donors (Lipinski definition) is 1. The molecule has 1 amide bonds. The van der Waals surface area contributed by atoms with Crippen LogP contribution in [0.1, 0.15) is 19.4 Å². The number of nitrogens with zero attached hydrogens (tertiary/aromatic N) is 2. The molecule has 12 heteroatoms. The van der Waals surface area contributed by atoms with Crippen molar-refractivity contribution < 1.29 is 67.3 Å². The molecule has 0 aliphatic carbocycles. The third-order valence-electron chi connectivity index (χ3n) is 4.45. The monoisotopic (exact) mass is 440 g/mol. The molecule has 7 nitrogen and oxygen atoms in total. The van der Waals surface area contributed by atoms with E-state index in [0.717, 1.165) is 18.2 Å². The average Bonchev–Trinajstić information content (AvgIpc) is 2.85. The number of β-lactam (4-membered cyclic amide) rings is 1. The number of carbonyl (C=O) groups is 2. The number of ether oxygens (including phenoxy) is 1. The average molecular weight is 440 g/mol. The third kappa shape index (κ3) is 4.68. The molecule has 0 aromatic heterocycles. The van der Waals surface area contributed by atoms with Gasteiger partial charge in [-0.15, -0.1) is 11.8 Å². The first-order valence-electron chi connectivity index (χ1n) is 8.18. The second kappa shape index (κ2) is 8.37. The predicted molar refractivity (Wildman–Crippen MR) is 91.9 cm³/mol. The second-order valence-electron chi connectivity index (χ2n) is 6.88. The molecular formula is C17H16F3N2NaO5S. The van der Waals surface area contributed by atoms with Gasteiger partial charge in [0.2, 0.25) is 0 Å². The van der Waals surface area contributed by atoms with Crippen molar-refractivity contribution in [2.24, 2.45) is 4.99 Å². The van der Waals surface area contributed by atoms with E-state index >= 15 is 0 Å². The van der Waals surface area contributed by atoms with Crippen LogP contribution in [0.4, 0.5) is 13.2 Å². The van der Waals surface area contributed by atoms with E-state index in [-0.39, 0.29) is 35.3 Å². The van der Waals surface area contributed by atoms with Crippen LogP contribution in [0.2, 0.25) is 0 Å². The van der Waals surface area contributed by atoms with Crippen molar-refractivity contribution in [2.45, 2.75) is 42.2 Å². The van der Waals surface area contributed by atoms with E-state index in [9.17, 15) is 33.0 Å². The Morgan fingerprint density at radius 1 is 1.41 bits per heavy atom. The SMILES string of the molecule is CC1(C)S[C@@H]2[C@H](N=C([O-])COc3cccc(C(F)(F)F)c3)C(=O)N2[C@H]1C(=O)O.[Na+]. The minimum atomic E-state index is -4.54. The van der Waals surface area contributed by atoms with Gasteiger partial charge in [0.25, 0.3) is 5.91 Å². The first-order valence-corrected chi connectivity index (χ1v) is 9.06. The zero-order valence-corrected chi connectivity index (χ0v) is 18.6. The fourth-order valence-electron chi connectivity index (χ4n) is 3.21. The quantitative estimate of drug-likeness (QED) is 0.255. The van der Waals surface area contributed by atoms with Crippen LogP contribution in [0.25, 0.3) is 0 Å². The maximum Gasteiger partial charge on any atom is 1.00 e. The summed E-state index contributed by atoms with van der Waals surface area (Å²) in [6, 6.07) is 2.01. The third-order valence-corrected chi connectivity index (χ3v) is 6.01. The minimum absolute atomic E-state index is 0. The first kappa shape index (κ1) is 23.8. The number of carboxylic acids is 1. The van der Waals surface area contributed by atoms with Crippen molar-refractivity contribution in [2.75, 3.05) is 6.61 Å². The van der Waals surface area contributed by atoms with Gasteiger partial charge in [0, 0.05) is 4.75 Å².